The van der Waals surface area contributed by atoms with Gasteiger partial charge in [0.1, 0.15) is 12.4 Å². The standard InChI is InChI=1S/C17H17N3O/c18-20-17(12-21-14-6-2-1-3-7-14)16-8-4-5-13-11-19-10-9-15(13)16/h1-11,17,20H,12,18H2. The average molecular weight is 279 g/mol. The van der Waals surface area contributed by atoms with E-state index < -0.39 is 0 Å². The molecule has 3 rings (SSSR count). The van der Waals surface area contributed by atoms with E-state index in [0.717, 1.165) is 22.1 Å². The Morgan fingerprint density at radius 3 is 2.71 bits per heavy atom. The van der Waals surface area contributed by atoms with Gasteiger partial charge in [-0.25, -0.2) is 5.43 Å². The summed E-state index contributed by atoms with van der Waals surface area (Å²) >= 11 is 0. The molecule has 0 aliphatic carbocycles. The number of benzene rings is 2. The first kappa shape index (κ1) is 13.5. The second-order valence-electron chi connectivity index (χ2n) is 4.79. The van der Waals surface area contributed by atoms with Crippen LogP contribution in [0.25, 0.3) is 10.8 Å². The second kappa shape index (κ2) is 6.35. The molecule has 0 aliphatic heterocycles. The fourth-order valence-electron chi connectivity index (χ4n) is 2.38. The van der Waals surface area contributed by atoms with Gasteiger partial charge in [-0.15, -0.1) is 0 Å². The maximum Gasteiger partial charge on any atom is 0.119 e. The molecule has 0 radical (unpaired) electrons. The van der Waals surface area contributed by atoms with Crippen LogP contribution in [0.5, 0.6) is 5.75 Å². The zero-order valence-corrected chi connectivity index (χ0v) is 11.6. The molecule has 0 saturated heterocycles. The van der Waals surface area contributed by atoms with Crippen LogP contribution in [0.3, 0.4) is 0 Å². The quantitative estimate of drug-likeness (QED) is 0.557. The van der Waals surface area contributed by atoms with Crippen molar-refractivity contribution in [2.75, 3.05) is 6.61 Å². The van der Waals surface area contributed by atoms with Crippen LogP contribution in [0.4, 0.5) is 0 Å². The predicted octanol–water partition coefficient (Wildman–Crippen LogP) is 2.82. The Labute approximate surface area is 123 Å². The van der Waals surface area contributed by atoms with Crippen molar-refractivity contribution in [1.82, 2.24) is 10.4 Å². The minimum Gasteiger partial charge on any atom is -0.492 e. The topological polar surface area (TPSA) is 60.2 Å². The lowest BCUT2D eigenvalue weighted by Gasteiger charge is -2.19. The van der Waals surface area contributed by atoms with Crippen LogP contribution in [-0.2, 0) is 0 Å². The molecule has 106 valence electrons. The van der Waals surface area contributed by atoms with Gasteiger partial charge in [-0.2, -0.15) is 0 Å². The van der Waals surface area contributed by atoms with Crippen molar-refractivity contribution in [3.8, 4) is 5.75 Å². The average Bonchev–Trinajstić information content (AvgIpc) is 2.56. The van der Waals surface area contributed by atoms with Crippen LogP contribution in [0.15, 0.2) is 67.0 Å². The summed E-state index contributed by atoms with van der Waals surface area (Å²) in [5.41, 5.74) is 3.94. The van der Waals surface area contributed by atoms with Crippen LogP contribution in [0.2, 0.25) is 0 Å². The Bertz CT molecular complexity index is 710. The number of aromatic nitrogens is 1. The summed E-state index contributed by atoms with van der Waals surface area (Å²) in [5.74, 6) is 6.55. The number of pyridine rings is 1. The summed E-state index contributed by atoms with van der Waals surface area (Å²) < 4.78 is 5.80. The first-order chi connectivity index (χ1) is 10.4. The molecule has 1 aromatic heterocycles. The zero-order chi connectivity index (χ0) is 14.5. The first-order valence-electron chi connectivity index (χ1n) is 6.85. The van der Waals surface area contributed by atoms with E-state index in [9.17, 15) is 0 Å². The van der Waals surface area contributed by atoms with Gasteiger partial charge in [0.25, 0.3) is 0 Å². The number of nitrogens with zero attached hydrogens (tertiary/aromatic N) is 1. The third-order valence-electron chi connectivity index (χ3n) is 3.45. The van der Waals surface area contributed by atoms with E-state index in [0.29, 0.717) is 6.61 Å². The molecule has 21 heavy (non-hydrogen) atoms. The molecule has 0 spiro atoms. The summed E-state index contributed by atoms with van der Waals surface area (Å²) in [6.45, 7) is 0.460. The molecule has 1 atom stereocenters. The van der Waals surface area contributed by atoms with Crippen molar-refractivity contribution in [3.63, 3.8) is 0 Å². The number of para-hydroxylation sites is 1. The third-order valence-corrected chi connectivity index (χ3v) is 3.45. The number of hydrogen-bond donors (Lipinski definition) is 2. The molecular weight excluding hydrogens is 262 g/mol. The molecule has 4 heteroatoms. The number of nitrogens with one attached hydrogen (secondary N) is 1. The van der Waals surface area contributed by atoms with E-state index in [1.54, 1.807) is 6.20 Å². The van der Waals surface area contributed by atoms with Crippen molar-refractivity contribution in [3.05, 3.63) is 72.6 Å². The molecule has 4 nitrogen and oxygen atoms in total. The SMILES string of the molecule is NNC(COc1ccccc1)c1cccc2cnccc12. The Kier molecular flexibility index (Phi) is 4.09. The van der Waals surface area contributed by atoms with Crippen molar-refractivity contribution in [1.29, 1.82) is 0 Å². The summed E-state index contributed by atoms with van der Waals surface area (Å²) in [4.78, 5) is 4.15. The Morgan fingerprint density at radius 1 is 1.05 bits per heavy atom. The smallest absolute Gasteiger partial charge is 0.119 e. The lowest BCUT2D eigenvalue weighted by molar-refractivity contribution is 0.268. The highest BCUT2D eigenvalue weighted by molar-refractivity contribution is 5.85. The molecule has 0 amide bonds. The number of fused-ring (bicyclic) bond motifs is 1. The maximum absolute atomic E-state index is 5.80. The van der Waals surface area contributed by atoms with Gasteiger partial charge < -0.3 is 4.74 Å². The summed E-state index contributed by atoms with van der Waals surface area (Å²) in [6, 6.07) is 17.7. The molecule has 0 saturated carbocycles. The van der Waals surface area contributed by atoms with Gasteiger partial charge in [0.05, 0.1) is 6.04 Å². The highest BCUT2D eigenvalue weighted by Crippen LogP contribution is 2.24. The minimum atomic E-state index is -0.0868. The van der Waals surface area contributed by atoms with Gasteiger partial charge in [-0.1, -0.05) is 36.4 Å². The van der Waals surface area contributed by atoms with Gasteiger partial charge in [0, 0.05) is 17.8 Å². The van der Waals surface area contributed by atoms with Gasteiger partial charge >= 0.3 is 0 Å². The lowest BCUT2D eigenvalue weighted by atomic mass is 10.0. The van der Waals surface area contributed by atoms with Crippen LogP contribution in [-0.4, -0.2) is 11.6 Å². The van der Waals surface area contributed by atoms with Gasteiger partial charge in [-0.3, -0.25) is 10.8 Å². The van der Waals surface area contributed by atoms with E-state index >= 15 is 0 Å². The molecule has 0 bridgehead atoms. The number of hydrogen-bond acceptors (Lipinski definition) is 4. The van der Waals surface area contributed by atoms with Crippen molar-refractivity contribution < 1.29 is 4.74 Å². The Balaban J connectivity index is 1.85. The van der Waals surface area contributed by atoms with Crippen molar-refractivity contribution in [2.24, 2.45) is 5.84 Å². The first-order valence-corrected chi connectivity index (χ1v) is 6.85. The van der Waals surface area contributed by atoms with Gasteiger partial charge in [0.2, 0.25) is 0 Å². The minimum absolute atomic E-state index is 0.0868. The van der Waals surface area contributed by atoms with Crippen molar-refractivity contribution >= 4 is 10.8 Å². The van der Waals surface area contributed by atoms with Crippen LogP contribution >= 0.6 is 0 Å². The van der Waals surface area contributed by atoms with E-state index in [1.165, 1.54) is 0 Å². The highest BCUT2D eigenvalue weighted by atomic mass is 16.5. The maximum atomic E-state index is 5.80. The molecule has 2 aromatic carbocycles. The van der Waals surface area contributed by atoms with Gasteiger partial charge in [-0.05, 0) is 29.1 Å². The molecule has 1 unspecified atom stereocenters. The highest BCUT2D eigenvalue weighted by Gasteiger charge is 2.13. The van der Waals surface area contributed by atoms with E-state index in [4.69, 9.17) is 10.6 Å². The summed E-state index contributed by atoms with van der Waals surface area (Å²) in [7, 11) is 0. The third kappa shape index (κ3) is 3.02. The normalized spacial score (nSPS) is 12.2. The predicted molar refractivity (Wildman–Crippen MR) is 83.7 cm³/mol. The second-order valence-corrected chi connectivity index (χ2v) is 4.79. The van der Waals surface area contributed by atoms with E-state index in [-0.39, 0.29) is 6.04 Å². The van der Waals surface area contributed by atoms with E-state index in [1.807, 2.05) is 54.7 Å². The number of hydrazine groups is 1. The number of ether oxygens (including phenoxy) is 1. The zero-order valence-electron chi connectivity index (χ0n) is 11.6. The number of rotatable bonds is 5. The van der Waals surface area contributed by atoms with Crippen LogP contribution in [0.1, 0.15) is 11.6 Å². The lowest BCUT2D eigenvalue weighted by Crippen LogP contribution is -2.32. The van der Waals surface area contributed by atoms with E-state index in [2.05, 4.69) is 16.5 Å². The molecular formula is C17H17N3O. The molecule has 1 heterocycles. The van der Waals surface area contributed by atoms with Gasteiger partial charge in [0.15, 0.2) is 0 Å². The van der Waals surface area contributed by atoms with Crippen LogP contribution < -0.4 is 16.0 Å². The molecule has 0 aliphatic rings. The summed E-state index contributed by atoms with van der Waals surface area (Å²) in [6.07, 6.45) is 3.64. The molecule has 3 N–H and O–H groups in total. The monoisotopic (exact) mass is 279 g/mol. The van der Waals surface area contributed by atoms with Crippen LogP contribution in [0, 0.1) is 0 Å². The number of nitrogens with two attached hydrogens (primary N) is 1. The Hall–Kier alpha value is -2.43. The Morgan fingerprint density at radius 2 is 1.90 bits per heavy atom. The van der Waals surface area contributed by atoms with Crippen molar-refractivity contribution in [2.45, 2.75) is 6.04 Å². The molecule has 0 fully saturated rings. The largest absolute Gasteiger partial charge is 0.492 e. The summed E-state index contributed by atoms with van der Waals surface area (Å²) in [5, 5.41) is 2.22. The molecule has 3 aromatic rings. The fraction of sp³-hybridized carbons (Fsp3) is 0.118. The fourth-order valence-corrected chi connectivity index (χ4v) is 2.38.